The highest BCUT2D eigenvalue weighted by molar-refractivity contribution is 5.78. The van der Waals surface area contributed by atoms with E-state index in [9.17, 15) is 4.79 Å². The van der Waals surface area contributed by atoms with Crippen molar-refractivity contribution in [3.8, 4) is 0 Å². The summed E-state index contributed by atoms with van der Waals surface area (Å²) in [5.74, 6) is 2.05. The van der Waals surface area contributed by atoms with Gasteiger partial charge in [0.25, 0.3) is 0 Å². The molecule has 2 aromatic rings. The van der Waals surface area contributed by atoms with Crippen LogP contribution in [0.4, 0.5) is 5.82 Å². The molecule has 0 unspecified atom stereocenters. The Labute approximate surface area is 202 Å². The SMILES string of the molecule is Cc1nnc2ccc(N3CCC(C(=O)NCCCN4CCN(C5CCCCC5)CC4)CC3)nn12. The average Bonchev–Trinajstić information content (AvgIpc) is 3.27. The molecule has 1 saturated carbocycles. The number of fused-ring (bicyclic) bond motifs is 1. The minimum absolute atomic E-state index is 0.107. The molecule has 9 heteroatoms. The van der Waals surface area contributed by atoms with Crippen molar-refractivity contribution in [2.45, 2.75) is 64.3 Å². The Balaban J connectivity index is 0.980. The van der Waals surface area contributed by atoms with Crippen molar-refractivity contribution in [3.05, 3.63) is 18.0 Å². The minimum atomic E-state index is 0.107. The van der Waals surface area contributed by atoms with Crippen LogP contribution >= 0.6 is 0 Å². The molecule has 186 valence electrons. The highest BCUT2D eigenvalue weighted by atomic mass is 16.1. The lowest BCUT2D eigenvalue weighted by Crippen LogP contribution is -2.51. The number of anilines is 1. The van der Waals surface area contributed by atoms with Gasteiger partial charge in [-0.1, -0.05) is 19.3 Å². The number of carbonyl (C=O) groups is 1. The van der Waals surface area contributed by atoms with Gasteiger partial charge < -0.3 is 15.1 Å². The third kappa shape index (κ3) is 5.51. The van der Waals surface area contributed by atoms with Crippen molar-refractivity contribution in [1.82, 2.24) is 34.9 Å². The van der Waals surface area contributed by atoms with E-state index < -0.39 is 0 Å². The second-order valence-electron chi connectivity index (χ2n) is 10.3. The van der Waals surface area contributed by atoms with E-state index in [2.05, 4.69) is 35.3 Å². The van der Waals surface area contributed by atoms with Gasteiger partial charge >= 0.3 is 0 Å². The number of nitrogens with one attached hydrogen (secondary N) is 1. The number of carbonyl (C=O) groups excluding carboxylic acids is 1. The van der Waals surface area contributed by atoms with Crippen molar-refractivity contribution in [2.75, 3.05) is 57.3 Å². The first-order valence-corrected chi connectivity index (χ1v) is 13.4. The lowest BCUT2D eigenvalue weighted by molar-refractivity contribution is -0.125. The lowest BCUT2D eigenvalue weighted by atomic mass is 9.94. The number of hydrogen-bond acceptors (Lipinski definition) is 7. The number of amides is 1. The van der Waals surface area contributed by atoms with Crippen LogP contribution in [0.25, 0.3) is 5.65 Å². The number of piperidine rings is 1. The molecule has 2 aliphatic heterocycles. The van der Waals surface area contributed by atoms with Crippen LogP contribution in [-0.4, -0.2) is 93.9 Å². The Morgan fingerprint density at radius 2 is 1.74 bits per heavy atom. The highest BCUT2D eigenvalue weighted by Crippen LogP contribution is 2.24. The van der Waals surface area contributed by atoms with E-state index >= 15 is 0 Å². The largest absolute Gasteiger partial charge is 0.356 e. The third-order valence-corrected chi connectivity index (χ3v) is 8.04. The van der Waals surface area contributed by atoms with Gasteiger partial charge in [0.1, 0.15) is 5.82 Å². The van der Waals surface area contributed by atoms with Crippen LogP contribution in [0.1, 0.15) is 57.2 Å². The molecule has 1 aliphatic carbocycles. The average molecular weight is 469 g/mol. The molecule has 1 N–H and O–H groups in total. The summed E-state index contributed by atoms with van der Waals surface area (Å²) < 4.78 is 1.78. The van der Waals surface area contributed by atoms with Crippen LogP contribution in [0.2, 0.25) is 0 Å². The summed E-state index contributed by atoms with van der Waals surface area (Å²) in [5, 5.41) is 16.1. The molecule has 5 rings (SSSR count). The van der Waals surface area contributed by atoms with Crippen molar-refractivity contribution in [3.63, 3.8) is 0 Å². The fourth-order valence-corrected chi connectivity index (χ4v) is 5.88. The minimum Gasteiger partial charge on any atom is -0.356 e. The van der Waals surface area contributed by atoms with Crippen molar-refractivity contribution in [1.29, 1.82) is 0 Å². The molecule has 9 nitrogen and oxygen atoms in total. The van der Waals surface area contributed by atoms with Crippen LogP contribution in [0.3, 0.4) is 0 Å². The molecular weight excluding hydrogens is 428 g/mol. The van der Waals surface area contributed by atoms with Crippen LogP contribution in [0.5, 0.6) is 0 Å². The van der Waals surface area contributed by atoms with E-state index in [-0.39, 0.29) is 11.8 Å². The van der Waals surface area contributed by atoms with Gasteiger partial charge in [0.05, 0.1) is 0 Å². The van der Waals surface area contributed by atoms with Crippen molar-refractivity contribution < 1.29 is 4.79 Å². The van der Waals surface area contributed by atoms with Gasteiger partial charge in [-0.15, -0.1) is 15.3 Å². The van der Waals surface area contributed by atoms with E-state index in [1.54, 1.807) is 4.52 Å². The highest BCUT2D eigenvalue weighted by Gasteiger charge is 2.27. The standard InChI is InChI=1S/C25H40N8O/c1-20-27-28-23-8-9-24(29-33(20)23)32-14-10-21(11-15-32)25(34)26-12-5-13-30-16-18-31(19-17-30)22-6-3-2-4-7-22/h8-9,21-22H,2-7,10-19H2,1H3,(H,26,34). The summed E-state index contributed by atoms with van der Waals surface area (Å²) >= 11 is 0. The molecule has 4 heterocycles. The number of nitrogens with zero attached hydrogens (tertiary/aromatic N) is 7. The normalized spacial score (nSPS) is 21.9. The van der Waals surface area contributed by atoms with E-state index in [0.29, 0.717) is 0 Å². The van der Waals surface area contributed by atoms with Crippen LogP contribution in [0.15, 0.2) is 12.1 Å². The third-order valence-electron chi connectivity index (χ3n) is 8.04. The van der Waals surface area contributed by atoms with Gasteiger partial charge in [0.2, 0.25) is 5.91 Å². The molecule has 0 aromatic carbocycles. The molecule has 0 atom stereocenters. The first-order chi connectivity index (χ1) is 16.7. The molecule has 3 aliphatic rings. The summed E-state index contributed by atoms with van der Waals surface area (Å²) in [6.45, 7) is 10.3. The topological polar surface area (TPSA) is 81.9 Å². The molecule has 34 heavy (non-hydrogen) atoms. The molecule has 3 fully saturated rings. The van der Waals surface area contributed by atoms with Crippen molar-refractivity contribution in [2.24, 2.45) is 5.92 Å². The smallest absolute Gasteiger partial charge is 0.223 e. The van der Waals surface area contributed by atoms with Crippen LogP contribution in [0, 0.1) is 12.8 Å². The van der Waals surface area contributed by atoms with Gasteiger partial charge in [-0.2, -0.15) is 4.52 Å². The molecule has 2 aromatic heterocycles. The summed E-state index contributed by atoms with van der Waals surface area (Å²) in [6.07, 6.45) is 9.84. The fraction of sp³-hybridized carbons (Fsp3) is 0.760. The van der Waals surface area contributed by atoms with Gasteiger partial charge in [-0.3, -0.25) is 9.69 Å². The Hall–Kier alpha value is -2.26. The second kappa shape index (κ2) is 11.0. The Bertz CT molecular complexity index is 940. The van der Waals surface area contributed by atoms with Gasteiger partial charge in [0.15, 0.2) is 11.5 Å². The van der Waals surface area contributed by atoms with Gasteiger partial charge in [0, 0.05) is 57.8 Å². The van der Waals surface area contributed by atoms with E-state index in [0.717, 1.165) is 68.8 Å². The van der Waals surface area contributed by atoms with E-state index in [4.69, 9.17) is 0 Å². The number of piperazine rings is 1. The predicted octanol–water partition coefficient (Wildman–Crippen LogP) is 2.11. The maximum absolute atomic E-state index is 12.7. The monoisotopic (exact) mass is 468 g/mol. The number of hydrogen-bond donors (Lipinski definition) is 1. The van der Waals surface area contributed by atoms with Crippen LogP contribution in [-0.2, 0) is 4.79 Å². The lowest BCUT2D eigenvalue weighted by Gasteiger charge is -2.40. The van der Waals surface area contributed by atoms with Crippen molar-refractivity contribution >= 4 is 17.4 Å². The second-order valence-corrected chi connectivity index (χ2v) is 10.3. The quantitative estimate of drug-likeness (QED) is 0.623. The van der Waals surface area contributed by atoms with Gasteiger partial charge in [-0.25, -0.2) is 0 Å². The van der Waals surface area contributed by atoms with E-state index in [1.165, 1.54) is 58.3 Å². The molecular formula is C25H40N8O. The molecule has 0 radical (unpaired) electrons. The van der Waals surface area contributed by atoms with Crippen LogP contribution < -0.4 is 10.2 Å². The first-order valence-electron chi connectivity index (χ1n) is 13.4. The fourth-order valence-electron chi connectivity index (χ4n) is 5.88. The zero-order valence-corrected chi connectivity index (χ0v) is 20.7. The molecule has 0 spiro atoms. The zero-order valence-electron chi connectivity index (χ0n) is 20.7. The summed E-state index contributed by atoms with van der Waals surface area (Å²) in [7, 11) is 0. The Morgan fingerprint density at radius 1 is 0.971 bits per heavy atom. The number of aromatic nitrogens is 4. The number of rotatable bonds is 7. The van der Waals surface area contributed by atoms with E-state index in [1.807, 2.05) is 19.1 Å². The molecule has 1 amide bonds. The molecule has 2 saturated heterocycles. The predicted molar refractivity (Wildman–Crippen MR) is 133 cm³/mol. The molecule has 0 bridgehead atoms. The Morgan fingerprint density at radius 3 is 2.50 bits per heavy atom. The maximum Gasteiger partial charge on any atom is 0.223 e. The Kier molecular flexibility index (Phi) is 7.59. The zero-order chi connectivity index (χ0) is 23.3. The summed E-state index contributed by atoms with van der Waals surface area (Å²) in [4.78, 5) is 20.3. The summed E-state index contributed by atoms with van der Waals surface area (Å²) in [5.41, 5.74) is 0.765. The first kappa shape index (κ1) is 23.5. The summed E-state index contributed by atoms with van der Waals surface area (Å²) in [6, 6.07) is 4.79. The maximum atomic E-state index is 12.7. The van der Waals surface area contributed by atoms with Gasteiger partial charge in [-0.05, 0) is 57.7 Å². The number of aryl methyl sites for hydroxylation is 1.